The van der Waals surface area contributed by atoms with Crippen LogP contribution in [0.1, 0.15) is 6.92 Å². The van der Waals surface area contributed by atoms with E-state index < -0.39 is 0 Å². The quantitative estimate of drug-likeness (QED) is 0.682. The molecule has 0 aliphatic carbocycles. The molecule has 0 saturated carbocycles. The summed E-state index contributed by atoms with van der Waals surface area (Å²) >= 11 is 0. The van der Waals surface area contributed by atoms with Crippen molar-refractivity contribution in [3.63, 3.8) is 0 Å². The number of hydrogen-bond donors (Lipinski definition) is 0. The molecule has 5 nitrogen and oxygen atoms in total. The van der Waals surface area contributed by atoms with E-state index in [1.807, 2.05) is 13.1 Å². The van der Waals surface area contributed by atoms with Gasteiger partial charge in [-0.3, -0.25) is 9.88 Å². The molecule has 0 radical (unpaired) electrons. The molecule has 2 rings (SSSR count). The Labute approximate surface area is 96.1 Å². The highest BCUT2D eigenvalue weighted by Gasteiger charge is 2.20. The average molecular weight is 222 g/mol. The Bertz CT molecular complexity index is 306. The highest BCUT2D eigenvalue weighted by molar-refractivity contribution is 5.35. The van der Waals surface area contributed by atoms with Crippen LogP contribution in [-0.2, 0) is 4.74 Å². The lowest BCUT2D eigenvalue weighted by atomic mass is 10.5. The van der Waals surface area contributed by atoms with Crippen LogP contribution >= 0.6 is 0 Å². The van der Waals surface area contributed by atoms with E-state index in [0.717, 1.165) is 45.3 Å². The van der Waals surface area contributed by atoms with E-state index in [-0.39, 0.29) is 0 Å². The molecular weight excluding hydrogens is 204 g/mol. The Balaban J connectivity index is 1.79. The van der Waals surface area contributed by atoms with Gasteiger partial charge in [0.15, 0.2) is 0 Å². The molecule has 0 unspecified atom stereocenters. The monoisotopic (exact) mass is 222 g/mol. The van der Waals surface area contributed by atoms with Crippen molar-refractivity contribution < 1.29 is 4.74 Å². The predicted octanol–water partition coefficient (Wildman–Crippen LogP) is 0.593. The number of aromatic nitrogens is 2. The Hall–Kier alpha value is -1.20. The molecule has 1 fully saturated rings. The molecule has 2 heterocycles. The van der Waals surface area contributed by atoms with Crippen molar-refractivity contribution in [1.29, 1.82) is 0 Å². The van der Waals surface area contributed by atoms with E-state index in [2.05, 4.69) is 19.8 Å². The van der Waals surface area contributed by atoms with Crippen molar-refractivity contribution in [3.05, 3.63) is 18.6 Å². The minimum Gasteiger partial charge on any atom is -0.380 e. The summed E-state index contributed by atoms with van der Waals surface area (Å²) in [6, 6.07) is 0. The first-order valence-corrected chi connectivity index (χ1v) is 5.71. The van der Waals surface area contributed by atoms with Crippen molar-refractivity contribution in [2.75, 3.05) is 44.4 Å². The van der Waals surface area contributed by atoms with E-state index >= 15 is 0 Å². The van der Waals surface area contributed by atoms with Crippen LogP contribution in [0.3, 0.4) is 0 Å². The molecule has 0 bridgehead atoms. The van der Waals surface area contributed by atoms with Crippen molar-refractivity contribution in [2.45, 2.75) is 6.92 Å². The second-order valence-electron chi connectivity index (χ2n) is 3.78. The van der Waals surface area contributed by atoms with Crippen LogP contribution in [0.25, 0.3) is 0 Å². The summed E-state index contributed by atoms with van der Waals surface area (Å²) in [6.45, 7) is 7.63. The van der Waals surface area contributed by atoms with Crippen LogP contribution in [0.15, 0.2) is 18.6 Å². The molecule has 0 amide bonds. The minimum absolute atomic E-state index is 0.793. The van der Waals surface area contributed by atoms with Gasteiger partial charge >= 0.3 is 0 Å². The van der Waals surface area contributed by atoms with Gasteiger partial charge in [0.1, 0.15) is 5.82 Å². The van der Waals surface area contributed by atoms with E-state index in [1.54, 1.807) is 12.4 Å². The minimum atomic E-state index is 0.793. The van der Waals surface area contributed by atoms with Crippen LogP contribution < -0.4 is 4.90 Å². The largest absolute Gasteiger partial charge is 0.380 e. The van der Waals surface area contributed by atoms with Crippen LogP contribution in [0.5, 0.6) is 0 Å². The van der Waals surface area contributed by atoms with Gasteiger partial charge in [0.2, 0.25) is 0 Å². The van der Waals surface area contributed by atoms with Gasteiger partial charge in [-0.15, -0.1) is 0 Å². The fourth-order valence-corrected chi connectivity index (χ4v) is 1.81. The number of nitrogens with zero attached hydrogens (tertiary/aromatic N) is 4. The lowest BCUT2D eigenvalue weighted by molar-refractivity contribution is 0.122. The van der Waals surface area contributed by atoms with Gasteiger partial charge in [-0.05, 0) is 6.92 Å². The highest BCUT2D eigenvalue weighted by Crippen LogP contribution is 2.13. The van der Waals surface area contributed by atoms with Crippen LogP contribution in [0.2, 0.25) is 0 Å². The molecule has 1 saturated heterocycles. The molecule has 1 aliphatic rings. The summed E-state index contributed by atoms with van der Waals surface area (Å²) in [4.78, 5) is 13.0. The van der Waals surface area contributed by atoms with E-state index in [9.17, 15) is 0 Å². The molecule has 88 valence electrons. The number of rotatable bonds is 5. The maximum atomic E-state index is 5.35. The second-order valence-corrected chi connectivity index (χ2v) is 3.78. The molecule has 16 heavy (non-hydrogen) atoms. The SMILES string of the molecule is CCOCCN1CCN(c2cnccn2)C1. The zero-order chi connectivity index (χ0) is 11.2. The average Bonchev–Trinajstić information content (AvgIpc) is 2.79. The molecule has 0 N–H and O–H groups in total. The molecule has 0 atom stereocenters. The first-order valence-electron chi connectivity index (χ1n) is 5.71. The molecule has 5 heteroatoms. The van der Waals surface area contributed by atoms with E-state index in [0.29, 0.717) is 0 Å². The van der Waals surface area contributed by atoms with Gasteiger partial charge in [-0.25, -0.2) is 4.98 Å². The van der Waals surface area contributed by atoms with Gasteiger partial charge in [-0.2, -0.15) is 0 Å². The smallest absolute Gasteiger partial charge is 0.148 e. The summed E-state index contributed by atoms with van der Waals surface area (Å²) in [7, 11) is 0. The fraction of sp³-hybridized carbons (Fsp3) is 0.636. The zero-order valence-electron chi connectivity index (χ0n) is 9.67. The molecular formula is C11H18N4O. The maximum absolute atomic E-state index is 5.35. The lowest BCUT2D eigenvalue weighted by Crippen LogP contribution is -2.28. The third-order valence-corrected chi connectivity index (χ3v) is 2.69. The summed E-state index contributed by atoms with van der Waals surface area (Å²) in [6.07, 6.45) is 5.25. The molecule has 1 aliphatic heterocycles. The summed E-state index contributed by atoms with van der Waals surface area (Å²) in [5.74, 6) is 0.960. The first kappa shape index (κ1) is 11.3. The fourth-order valence-electron chi connectivity index (χ4n) is 1.81. The van der Waals surface area contributed by atoms with Gasteiger partial charge < -0.3 is 9.64 Å². The summed E-state index contributed by atoms with van der Waals surface area (Å²) in [5.41, 5.74) is 0. The van der Waals surface area contributed by atoms with E-state index in [4.69, 9.17) is 4.74 Å². The first-order chi connectivity index (χ1) is 7.90. The number of ether oxygens (including phenoxy) is 1. The summed E-state index contributed by atoms with van der Waals surface area (Å²) in [5, 5.41) is 0. The standard InChI is InChI=1S/C11H18N4O/c1-2-16-8-7-14-5-6-15(10-14)11-9-12-3-4-13-11/h3-4,9H,2,5-8,10H2,1H3. The lowest BCUT2D eigenvalue weighted by Gasteiger charge is -2.18. The van der Waals surface area contributed by atoms with Crippen LogP contribution in [0.4, 0.5) is 5.82 Å². The van der Waals surface area contributed by atoms with Gasteiger partial charge in [0, 0.05) is 38.6 Å². The number of hydrogen-bond acceptors (Lipinski definition) is 5. The number of anilines is 1. The van der Waals surface area contributed by atoms with Crippen LogP contribution in [0, 0.1) is 0 Å². The van der Waals surface area contributed by atoms with Crippen molar-refractivity contribution in [1.82, 2.24) is 14.9 Å². The Kier molecular flexibility index (Phi) is 4.07. The third-order valence-electron chi connectivity index (χ3n) is 2.69. The van der Waals surface area contributed by atoms with Gasteiger partial charge in [0.05, 0.1) is 19.5 Å². The molecule has 1 aromatic heterocycles. The Morgan fingerprint density at radius 2 is 2.31 bits per heavy atom. The van der Waals surface area contributed by atoms with Crippen molar-refractivity contribution in [3.8, 4) is 0 Å². The normalized spacial score (nSPS) is 16.9. The topological polar surface area (TPSA) is 41.5 Å². The summed E-state index contributed by atoms with van der Waals surface area (Å²) < 4.78 is 5.35. The Morgan fingerprint density at radius 1 is 1.38 bits per heavy atom. The maximum Gasteiger partial charge on any atom is 0.148 e. The Morgan fingerprint density at radius 3 is 3.06 bits per heavy atom. The van der Waals surface area contributed by atoms with Crippen LogP contribution in [-0.4, -0.2) is 54.4 Å². The molecule has 0 aromatic carbocycles. The second kappa shape index (κ2) is 5.77. The van der Waals surface area contributed by atoms with Gasteiger partial charge in [-0.1, -0.05) is 0 Å². The van der Waals surface area contributed by atoms with Crippen molar-refractivity contribution >= 4 is 5.82 Å². The predicted molar refractivity (Wildman–Crippen MR) is 62.3 cm³/mol. The van der Waals surface area contributed by atoms with Crippen molar-refractivity contribution in [2.24, 2.45) is 0 Å². The van der Waals surface area contributed by atoms with Gasteiger partial charge in [0.25, 0.3) is 0 Å². The molecule has 0 spiro atoms. The zero-order valence-corrected chi connectivity index (χ0v) is 9.67. The molecule has 1 aromatic rings. The third kappa shape index (κ3) is 2.90. The van der Waals surface area contributed by atoms with E-state index in [1.165, 1.54) is 0 Å². The highest BCUT2D eigenvalue weighted by atomic mass is 16.5.